The lowest BCUT2D eigenvalue weighted by Gasteiger charge is -2.06. The number of carbonyl (C=O) groups is 1. The predicted molar refractivity (Wildman–Crippen MR) is 70.8 cm³/mol. The molecule has 0 aliphatic heterocycles. The minimum Gasteiger partial charge on any atom is -0.465 e. The summed E-state index contributed by atoms with van der Waals surface area (Å²) in [5.41, 5.74) is 0.368. The Morgan fingerprint density at radius 2 is 2.16 bits per heavy atom. The monoisotopic (exact) mass is 297 g/mol. The van der Waals surface area contributed by atoms with Crippen LogP contribution in [-0.2, 0) is 20.3 Å². The highest BCUT2D eigenvalue weighted by Crippen LogP contribution is 2.21. The van der Waals surface area contributed by atoms with Crippen molar-refractivity contribution in [3.05, 3.63) is 47.1 Å². The molecule has 5 nitrogen and oxygen atoms in total. The van der Waals surface area contributed by atoms with Gasteiger partial charge in [0.25, 0.3) is 0 Å². The molecule has 0 amide bonds. The average Bonchev–Trinajstić information content (AvgIpc) is 2.93. The van der Waals surface area contributed by atoms with E-state index in [-0.39, 0.29) is 21.2 Å². The van der Waals surface area contributed by atoms with Gasteiger partial charge in [0, 0.05) is 6.20 Å². The van der Waals surface area contributed by atoms with E-state index in [0.29, 0.717) is 0 Å². The van der Waals surface area contributed by atoms with E-state index in [1.54, 1.807) is 17.5 Å². The molecule has 0 saturated carbocycles. The third kappa shape index (κ3) is 2.99. The molecule has 2 heterocycles. The first-order chi connectivity index (χ1) is 9.04. The number of rotatable bonds is 4. The zero-order chi connectivity index (χ0) is 13.9. The Balaban J connectivity index is 2.37. The normalized spacial score (nSPS) is 11.2. The second-order valence-electron chi connectivity index (χ2n) is 3.68. The number of nitrogens with zero attached hydrogens (tertiary/aromatic N) is 1. The third-order valence-electron chi connectivity index (χ3n) is 2.42. The molecule has 0 bridgehead atoms. The Morgan fingerprint density at radius 3 is 2.79 bits per heavy atom. The van der Waals surface area contributed by atoms with Crippen molar-refractivity contribution in [2.45, 2.75) is 9.96 Å². The van der Waals surface area contributed by atoms with Crippen LogP contribution in [0.25, 0.3) is 0 Å². The maximum Gasteiger partial charge on any atom is 0.339 e. The Labute approximate surface area is 114 Å². The SMILES string of the molecule is COC(=O)c1cccnc1CS(=O)(=O)c1cccs1. The van der Waals surface area contributed by atoms with E-state index in [9.17, 15) is 13.2 Å². The molecular weight excluding hydrogens is 286 g/mol. The number of ether oxygens (including phenoxy) is 1. The van der Waals surface area contributed by atoms with Gasteiger partial charge in [0.05, 0.1) is 24.1 Å². The molecule has 100 valence electrons. The highest BCUT2D eigenvalue weighted by molar-refractivity contribution is 7.92. The van der Waals surface area contributed by atoms with Gasteiger partial charge in [-0.05, 0) is 23.6 Å². The van der Waals surface area contributed by atoms with Crippen LogP contribution >= 0.6 is 11.3 Å². The summed E-state index contributed by atoms with van der Waals surface area (Å²) >= 11 is 1.14. The Morgan fingerprint density at radius 1 is 1.37 bits per heavy atom. The molecule has 0 saturated heterocycles. The van der Waals surface area contributed by atoms with Crippen molar-refractivity contribution >= 4 is 27.1 Å². The van der Waals surface area contributed by atoms with Gasteiger partial charge in [0.15, 0.2) is 9.84 Å². The fourth-order valence-electron chi connectivity index (χ4n) is 1.54. The van der Waals surface area contributed by atoms with E-state index in [1.807, 2.05) is 0 Å². The van der Waals surface area contributed by atoms with Gasteiger partial charge in [-0.3, -0.25) is 4.98 Å². The number of hydrogen-bond acceptors (Lipinski definition) is 6. The summed E-state index contributed by atoms with van der Waals surface area (Å²) in [6.07, 6.45) is 1.45. The van der Waals surface area contributed by atoms with Gasteiger partial charge in [0.1, 0.15) is 4.21 Å². The van der Waals surface area contributed by atoms with Crippen molar-refractivity contribution in [2.75, 3.05) is 7.11 Å². The summed E-state index contributed by atoms with van der Waals surface area (Å²) < 4.78 is 29.2. The van der Waals surface area contributed by atoms with Crippen molar-refractivity contribution in [1.29, 1.82) is 0 Å². The minimum absolute atomic E-state index is 0.171. The van der Waals surface area contributed by atoms with Gasteiger partial charge < -0.3 is 4.74 Å². The highest BCUT2D eigenvalue weighted by Gasteiger charge is 2.21. The molecule has 0 N–H and O–H groups in total. The van der Waals surface area contributed by atoms with Gasteiger partial charge in [-0.25, -0.2) is 13.2 Å². The summed E-state index contributed by atoms with van der Waals surface area (Å²) in [7, 11) is -2.24. The molecule has 0 fully saturated rings. The molecular formula is C12H11NO4S2. The molecule has 2 rings (SSSR count). The number of methoxy groups -OCH3 is 1. The number of aromatic nitrogens is 1. The molecule has 2 aromatic heterocycles. The lowest BCUT2D eigenvalue weighted by atomic mass is 10.2. The van der Waals surface area contributed by atoms with Crippen molar-refractivity contribution in [3.8, 4) is 0 Å². The van der Waals surface area contributed by atoms with Gasteiger partial charge >= 0.3 is 5.97 Å². The van der Waals surface area contributed by atoms with E-state index in [0.717, 1.165) is 11.3 Å². The van der Waals surface area contributed by atoms with Crippen LogP contribution < -0.4 is 0 Å². The maximum atomic E-state index is 12.1. The predicted octanol–water partition coefficient (Wildman–Crippen LogP) is 1.90. The molecule has 0 aromatic carbocycles. The zero-order valence-electron chi connectivity index (χ0n) is 10.1. The van der Waals surface area contributed by atoms with Crippen molar-refractivity contribution in [3.63, 3.8) is 0 Å². The number of thiophene rings is 1. The minimum atomic E-state index is -3.49. The smallest absolute Gasteiger partial charge is 0.339 e. The summed E-state index contributed by atoms with van der Waals surface area (Å²) in [6, 6.07) is 6.25. The van der Waals surface area contributed by atoms with Crippen LogP contribution in [0.5, 0.6) is 0 Å². The van der Waals surface area contributed by atoms with E-state index < -0.39 is 15.8 Å². The zero-order valence-corrected chi connectivity index (χ0v) is 11.7. The number of esters is 1. The number of pyridine rings is 1. The Kier molecular flexibility index (Phi) is 3.96. The van der Waals surface area contributed by atoms with Gasteiger partial charge in [-0.1, -0.05) is 6.07 Å². The third-order valence-corrected chi connectivity index (χ3v) is 5.54. The first-order valence-corrected chi connectivity index (χ1v) is 7.86. The Hall–Kier alpha value is -1.73. The summed E-state index contributed by atoms with van der Waals surface area (Å²) in [5.74, 6) is -0.914. The lowest BCUT2D eigenvalue weighted by molar-refractivity contribution is 0.0599. The molecule has 0 aliphatic rings. The molecule has 0 atom stereocenters. The molecule has 7 heteroatoms. The van der Waals surface area contributed by atoms with Crippen molar-refractivity contribution < 1.29 is 17.9 Å². The van der Waals surface area contributed by atoms with Crippen LogP contribution in [0, 0.1) is 0 Å². The van der Waals surface area contributed by atoms with Crippen molar-refractivity contribution in [1.82, 2.24) is 4.98 Å². The molecule has 0 unspecified atom stereocenters. The van der Waals surface area contributed by atoms with Crippen LogP contribution in [0.1, 0.15) is 16.1 Å². The van der Waals surface area contributed by atoms with Crippen molar-refractivity contribution in [2.24, 2.45) is 0 Å². The molecule has 2 aromatic rings. The number of carbonyl (C=O) groups excluding carboxylic acids is 1. The first-order valence-electron chi connectivity index (χ1n) is 5.33. The summed E-state index contributed by atoms with van der Waals surface area (Å²) in [4.78, 5) is 15.5. The van der Waals surface area contributed by atoms with Gasteiger partial charge in [0.2, 0.25) is 0 Å². The van der Waals surface area contributed by atoms with Crippen LogP contribution in [0.4, 0.5) is 0 Å². The van der Waals surface area contributed by atoms with E-state index in [4.69, 9.17) is 0 Å². The molecule has 19 heavy (non-hydrogen) atoms. The topological polar surface area (TPSA) is 73.3 Å². The lowest BCUT2D eigenvalue weighted by Crippen LogP contribution is -2.12. The van der Waals surface area contributed by atoms with E-state index in [1.165, 1.54) is 25.4 Å². The fraction of sp³-hybridized carbons (Fsp3) is 0.167. The van der Waals surface area contributed by atoms with Gasteiger partial charge in [-0.2, -0.15) is 0 Å². The standard InChI is InChI=1S/C12H11NO4S2/c1-17-12(14)9-4-2-6-13-10(9)8-19(15,16)11-5-3-7-18-11/h2-7H,8H2,1H3. The van der Waals surface area contributed by atoms with E-state index >= 15 is 0 Å². The number of hydrogen-bond donors (Lipinski definition) is 0. The second kappa shape index (κ2) is 5.50. The molecule has 0 aliphatic carbocycles. The summed E-state index contributed by atoms with van der Waals surface area (Å²) in [6.45, 7) is 0. The fourth-order valence-corrected chi connectivity index (χ4v) is 3.94. The molecule has 0 radical (unpaired) electrons. The average molecular weight is 297 g/mol. The largest absolute Gasteiger partial charge is 0.465 e. The van der Waals surface area contributed by atoms with Crippen LogP contribution in [0.3, 0.4) is 0 Å². The molecule has 0 spiro atoms. The second-order valence-corrected chi connectivity index (χ2v) is 6.84. The highest BCUT2D eigenvalue weighted by atomic mass is 32.2. The van der Waals surface area contributed by atoms with Crippen LogP contribution in [0.2, 0.25) is 0 Å². The first kappa shape index (κ1) is 13.7. The van der Waals surface area contributed by atoms with E-state index in [2.05, 4.69) is 9.72 Å². The van der Waals surface area contributed by atoms with Crippen LogP contribution in [-0.4, -0.2) is 26.5 Å². The maximum absolute atomic E-state index is 12.1. The Bertz CT molecular complexity index is 678. The quantitative estimate of drug-likeness (QED) is 0.806. The van der Waals surface area contributed by atoms with Crippen LogP contribution in [0.15, 0.2) is 40.1 Å². The van der Waals surface area contributed by atoms with Gasteiger partial charge in [-0.15, -0.1) is 11.3 Å². The number of sulfone groups is 1. The summed E-state index contributed by atoms with van der Waals surface area (Å²) in [5, 5.41) is 1.69.